The first-order valence-electron chi connectivity index (χ1n) is 10.5. The number of carbonyl (C=O) groups is 1. The third kappa shape index (κ3) is 3.37. The number of anilines is 1. The van der Waals surface area contributed by atoms with Crippen LogP contribution < -0.4 is 4.90 Å². The van der Waals surface area contributed by atoms with Crippen LogP contribution in [-0.2, 0) is 4.79 Å². The Morgan fingerprint density at radius 1 is 1.07 bits per heavy atom. The van der Waals surface area contributed by atoms with Crippen molar-refractivity contribution in [3.8, 4) is 0 Å². The quantitative estimate of drug-likeness (QED) is 0.869. The first kappa shape index (κ1) is 17.9. The summed E-state index contributed by atoms with van der Waals surface area (Å²) in [6, 6.07) is 9.15. The Balaban J connectivity index is 1.17. The molecule has 0 spiro atoms. The number of aliphatic hydroxyl groups is 1. The molecule has 0 saturated carbocycles. The Labute approximate surface area is 164 Å². The molecule has 28 heavy (non-hydrogen) atoms. The fourth-order valence-corrected chi connectivity index (χ4v) is 4.85. The second-order valence-electron chi connectivity index (χ2n) is 8.41. The van der Waals surface area contributed by atoms with Gasteiger partial charge in [0.2, 0.25) is 5.91 Å². The average molecular weight is 384 g/mol. The van der Waals surface area contributed by atoms with Gasteiger partial charge in [0.25, 0.3) is 6.01 Å². The summed E-state index contributed by atoms with van der Waals surface area (Å²) in [7, 11) is 0. The van der Waals surface area contributed by atoms with Gasteiger partial charge in [0.1, 0.15) is 5.52 Å². The lowest BCUT2D eigenvalue weighted by Crippen LogP contribution is -2.58. The lowest BCUT2D eigenvalue weighted by molar-refractivity contribution is -0.148. The maximum absolute atomic E-state index is 12.6. The highest BCUT2D eigenvalue weighted by Gasteiger charge is 2.37. The van der Waals surface area contributed by atoms with Crippen molar-refractivity contribution in [2.24, 2.45) is 5.92 Å². The van der Waals surface area contributed by atoms with Gasteiger partial charge in [-0.2, -0.15) is 4.98 Å². The molecular weight excluding hydrogens is 356 g/mol. The molecule has 5 rings (SSSR count). The molecule has 4 heterocycles. The molecule has 1 amide bonds. The van der Waals surface area contributed by atoms with Crippen molar-refractivity contribution in [3.05, 3.63) is 24.3 Å². The van der Waals surface area contributed by atoms with Crippen LogP contribution in [0.5, 0.6) is 0 Å². The summed E-state index contributed by atoms with van der Waals surface area (Å²) >= 11 is 0. The van der Waals surface area contributed by atoms with E-state index in [1.807, 2.05) is 29.2 Å². The summed E-state index contributed by atoms with van der Waals surface area (Å²) in [5.41, 5.74) is 1.75. The molecule has 0 bridgehead atoms. The van der Waals surface area contributed by atoms with Gasteiger partial charge in [-0.15, -0.1) is 0 Å². The van der Waals surface area contributed by atoms with Crippen molar-refractivity contribution < 1.29 is 14.3 Å². The summed E-state index contributed by atoms with van der Waals surface area (Å²) in [5, 5.41) is 9.46. The number of hydrogen-bond donors (Lipinski definition) is 1. The van der Waals surface area contributed by atoms with E-state index in [1.165, 1.54) is 0 Å². The molecule has 3 aliphatic rings. The Morgan fingerprint density at radius 3 is 2.61 bits per heavy atom. The van der Waals surface area contributed by atoms with Crippen molar-refractivity contribution in [1.29, 1.82) is 0 Å². The number of aromatic nitrogens is 1. The zero-order chi connectivity index (χ0) is 19.1. The van der Waals surface area contributed by atoms with Gasteiger partial charge in [0, 0.05) is 38.8 Å². The topological polar surface area (TPSA) is 73.1 Å². The molecule has 0 radical (unpaired) electrons. The van der Waals surface area contributed by atoms with Crippen LogP contribution in [-0.4, -0.2) is 77.2 Å². The lowest BCUT2D eigenvalue weighted by atomic mass is 9.92. The van der Waals surface area contributed by atoms with E-state index < -0.39 is 0 Å². The van der Waals surface area contributed by atoms with Crippen LogP contribution in [0.1, 0.15) is 25.7 Å². The Hall–Kier alpha value is -2.12. The van der Waals surface area contributed by atoms with Gasteiger partial charge in [0.15, 0.2) is 5.58 Å². The van der Waals surface area contributed by atoms with E-state index in [9.17, 15) is 9.90 Å². The molecule has 150 valence electrons. The number of para-hydroxylation sites is 2. The van der Waals surface area contributed by atoms with Crippen molar-refractivity contribution in [2.45, 2.75) is 37.8 Å². The number of amides is 1. The molecule has 2 aromatic rings. The number of rotatable bonds is 3. The summed E-state index contributed by atoms with van der Waals surface area (Å²) in [6.07, 6.45) is 3.88. The highest BCUT2D eigenvalue weighted by Crippen LogP contribution is 2.29. The number of likely N-dealkylation sites (tertiary alicyclic amines) is 2. The number of oxazole rings is 1. The molecule has 3 aliphatic heterocycles. The number of β-amino-alcohol motifs (C(OH)–C–C–N with tert-alkyl or cyclic N) is 1. The second-order valence-corrected chi connectivity index (χ2v) is 8.41. The molecule has 1 atom stereocenters. The molecule has 1 aromatic carbocycles. The highest BCUT2D eigenvalue weighted by atomic mass is 16.4. The predicted octanol–water partition coefficient (Wildman–Crippen LogP) is 1.71. The van der Waals surface area contributed by atoms with Crippen LogP contribution in [0.4, 0.5) is 6.01 Å². The number of nitrogens with zero attached hydrogens (tertiary/aromatic N) is 4. The van der Waals surface area contributed by atoms with Crippen molar-refractivity contribution >= 4 is 23.0 Å². The number of hydrogen-bond acceptors (Lipinski definition) is 6. The molecular formula is C21H28N4O3. The maximum Gasteiger partial charge on any atom is 0.298 e. The van der Waals surface area contributed by atoms with Crippen molar-refractivity contribution in [1.82, 2.24) is 14.8 Å². The monoisotopic (exact) mass is 384 g/mol. The number of carbonyl (C=O) groups excluding carboxylic acids is 1. The van der Waals surface area contributed by atoms with Crippen molar-refractivity contribution in [3.63, 3.8) is 0 Å². The third-order valence-electron chi connectivity index (χ3n) is 6.51. The van der Waals surface area contributed by atoms with Gasteiger partial charge in [-0.3, -0.25) is 9.69 Å². The van der Waals surface area contributed by atoms with Crippen LogP contribution in [0, 0.1) is 5.92 Å². The van der Waals surface area contributed by atoms with Gasteiger partial charge < -0.3 is 19.3 Å². The number of aliphatic hydroxyl groups excluding tert-OH is 1. The van der Waals surface area contributed by atoms with Crippen LogP contribution in [0.15, 0.2) is 28.7 Å². The van der Waals surface area contributed by atoms with Crippen molar-refractivity contribution in [2.75, 3.05) is 44.2 Å². The Kier molecular flexibility index (Phi) is 4.72. The van der Waals surface area contributed by atoms with Crippen LogP contribution >= 0.6 is 0 Å². The molecule has 0 aliphatic carbocycles. The van der Waals surface area contributed by atoms with Gasteiger partial charge in [-0.05, 0) is 44.4 Å². The fourth-order valence-electron chi connectivity index (χ4n) is 4.85. The first-order chi connectivity index (χ1) is 13.7. The number of piperidine rings is 2. The largest absolute Gasteiger partial charge is 0.423 e. The zero-order valence-electron chi connectivity index (χ0n) is 16.2. The molecule has 1 N–H and O–H groups in total. The minimum atomic E-state index is -0.320. The highest BCUT2D eigenvalue weighted by molar-refractivity contribution is 5.80. The Morgan fingerprint density at radius 2 is 1.86 bits per heavy atom. The molecule has 7 nitrogen and oxygen atoms in total. The summed E-state index contributed by atoms with van der Waals surface area (Å²) in [5.74, 6) is 0.329. The zero-order valence-corrected chi connectivity index (χ0v) is 16.2. The molecule has 3 fully saturated rings. The minimum absolute atomic E-state index is 0.0938. The van der Waals surface area contributed by atoms with E-state index in [0.717, 1.165) is 69.0 Å². The minimum Gasteiger partial charge on any atom is -0.423 e. The third-order valence-corrected chi connectivity index (χ3v) is 6.51. The summed E-state index contributed by atoms with van der Waals surface area (Å²) < 4.78 is 5.92. The normalized spacial score (nSPS) is 25.2. The van der Waals surface area contributed by atoms with Crippen LogP contribution in [0.25, 0.3) is 11.1 Å². The standard InChI is InChI=1S/C21H28N4O3/c26-17-13-25(14-17)20(27)15-4-3-9-24(12-15)16-7-10-23(11-8-16)21-22-18-5-1-2-6-19(18)28-21/h1-2,5-6,15-17,26H,3-4,7-14H2/t15-/m1/s1. The van der Waals surface area contributed by atoms with E-state index in [2.05, 4.69) is 14.8 Å². The SMILES string of the molecule is O=C([C@@H]1CCCN(C2CCN(c3nc4ccccc4o3)CC2)C1)N1CC(O)C1. The fraction of sp³-hybridized carbons (Fsp3) is 0.619. The van der Waals surface area contributed by atoms with Gasteiger partial charge in [0.05, 0.1) is 12.0 Å². The predicted molar refractivity (Wildman–Crippen MR) is 106 cm³/mol. The molecule has 7 heteroatoms. The maximum atomic E-state index is 12.6. The molecule has 1 aromatic heterocycles. The van der Waals surface area contributed by atoms with E-state index in [0.29, 0.717) is 19.1 Å². The molecule has 3 saturated heterocycles. The summed E-state index contributed by atoms with van der Waals surface area (Å²) in [6.45, 7) is 4.84. The van der Waals surface area contributed by atoms with Crippen LogP contribution in [0.2, 0.25) is 0 Å². The molecule has 0 unspecified atom stereocenters. The van der Waals surface area contributed by atoms with Crippen LogP contribution in [0.3, 0.4) is 0 Å². The number of benzene rings is 1. The van der Waals surface area contributed by atoms with Gasteiger partial charge in [-0.25, -0.2) is 0 Å². The van der Waals surface area contributed by atoms with E-state index in [-0.39, 0.29) is 17.9 Å². The smallest absolute Gasteiger partial charge is 0.298 e. The second kappa shape index (κ2) is 7.37. The first-order valence-corrected chi connectivity index (χ1v) is 10.5. The Bertz CT molecular complexity index is 806. The lowest BCUT2D eigenvalue weighted by Gasteiger charge is -2.44. The van der Waals surface area contributed by atoms with Gasteiger partial charge >= 0.3 is 0 Å². The number of fused-ring (bicyclic) bond motifs is 1. The van der Waals surface area contributed by atoms with Gasteiger partial charge in [-0.1, -0.05) is 12.1 Å². The average Bonchev–Trinajstić information content (AvgIpc) is 3.15. The summed E-state index contributed by atoms with van der Waals surface area (Å²) in [4.78, 5) is 23.8. The van der Waals surface area contributed by atoms with E-state index in [4.69, 9.17) is 4.42 Å². The van der Waals surface area contributed by atoms with E-state index in [1.54, 1.807) is 0 Å². The van der Waals surface area contributed by atoms with E-state index >= 15 is 0 Å².